The highest BCUT2D eigenvalue weighted by atomic mass is 32.1. The molecule has 154 valence electrons. The summed E-state index contributed by atoms with van der Waals surface area (Å²) in [6.45, 7) is 8.96. The van der Waals surface area contributed by atoms with Gasteiger partial charge in [0, 0.05) is 13.1 Å². The predicted molar refractivity (Wildman–Crippen MR) is 111 cm³/mol. The van der Waals surface area contributed by atoms with Gasteiger partial charge in [0.1, 0.15) is 11.4 Å². The average molecular weight is 410 g/mol. The van der Waals surface area contributed by atoms with Gasteiger partial charge in [0.25, 0.3) is 0 Å². The molecule has 0 spiro atoms. The van der Waals surface area contributed by atoms with Crippen molar-refractivity contribution in [2.24, 2.45) is 0 Å². The van der Waals surface area contributed by atoms with E-state index in [0.717, 1.165) is 18.7 Å². The highest BCUT2D eigenvalue weighted by Crippen LogP contribution is 2.21. The molecule has 1 aromatic heterocycles. The molecule has 2 amide bonds. The minimum atomic E-state index is -0.614. The Bertz CT molecular complexity index is 705. The molecule has 1 unspecified atom stereocenters. The Morgan fingerprint density at radius 1 is 1.32 bits per heavy atom. The number of hydrogen-bond donors (Lipinski definition) is 3. The van der Waals surface area contributed by atoms with Crippen LogP contribution in [0.2, 0.25) is 0 Å². The second-order valence-corrected chi connectivity index (χ2v) is 7.69. The fourth-order valence-electron chi connectivity index (χ4n) is 2.64. The van der Waals surface area contributed by atoms with Crippen molar-refractivity contribution in [1.29, 1.82) is 0 Å². The lowest BCUT2D eigenvalue weighted by atomic mass is 10.2. The minimum absolute atomic E-state index is 0.0222. The van der Waals surface area contributed by atoms with Crippen LogP contribution in [-0.2, 0) is 9.47 Å². The van der Waals surface area contributed by atoms with Crippen LogP contribution < -0.4 is 20.9 Å². The van der Waals surface area contributed by atoms with Crippen molar-refractivity contribution in [1.82, 2.24) is 15.6 Å². The van der Waals surface area contributed by atoms with Crippen LogP contribution in [0.25, 0.3) is 0 Å². The number of amides is 2. The van der Waals surface area contributed by atoms with Gasteiger partial charge in [-0.25, -0.2) is 14.6 Å². The lowest BCUT2D eigenvalue weighted by molar-refractivity contribution is 0.0509. The highest BCUT2D eigenvalue weighted by Gasteiger charge is 2.26. The molecule has 1 fully saturated rings. The van der Waals surface area contributed by atoms with Gasteiger partial charge in [0.2, 0.25) is 0 Å². The Balaban J connectivity index is 1.83. The predicted octanol–water partition coefficient (Wildman–Crippen LogP) is 2.63. The maximum Gasteiger partial charge on any atom is 0.413 e. The maximum absolute atomic E-state index is 11.9. The Labute approximate surface area is 170 Å². The van der Waals surface area contributed by atoms with E-state index in [4.69, 9.17) is 21.7 Å². The molecular weight excluding hydrogens is 382 g/mol. The average Bonchev–Trinajstić information content (AvgIpc) is 3.02. The monoisotopic (exact) mass is 409 g/mol. The molecule has 1 atom stereocenters. The zero-order valence-electron chi connectivity index (χ0n) is 16.6. The van der Waals surface area contributed by atoms with Crippen LogP contribution in [0.3, 0.4) is 0 Å². The molecule has 0 aliphatic carbocycles. The zero-order valence-corrected chi connectivity index (χ0v) is 17.4. The third-order valence-electron chi connectivity index (χ3n) is 3.75. The topological polar surface area (TPSA) is 105 Å². The molecule has 1 saturated heterocycles. The molecule has 2 heterocycles. The van der Waals surface area contributed by atoms with Crippen LogP contribution in [0.4, 0.5) is 21.1 Å². The molecule has 2 rings (SSSR count). The molecule has 1 aromatic rings. The summed E-state index contributed by atoms with van der Waals surface area (Å²) >= 11 is 5.03. The lowest BCUT2D eigenvalue weighted by Crippen LogP contribution is -2.40. The van der Waals surface area contributed by atoms with Crippen molar-refractivity contribution in [2.75, 3.05) is 29.9 Å². The normalized spacial score (nSPS) is 16.3. The molecular formula is C18H27N5O4S. The summed E-state index contributed by atoms with van der Waals surface area (Å²) in [5.41, 5.74) is 0.418. The molecule has 0 aromatic carbocycles. The van der Waals surface area contributed by atoms with E-state index in [1.165, 1.54) is 0 Å². The van der Waals surface area contributed by atoms with E-state index < -0.39 is 17.8 Å². The Morgan fingerprint density at radius 2 is 2.07 bits per heavy atom. The number of carbonyl (C=O) groups excluding carboxylic acids is 2. The van der Waals surface area contributed by atoms with E-state index in [0.29, 0.717) is 12.4 Å². The fraction of sp³-hybridized carbons (Fsp3) is 0.556. The summed E-state index contributed by atoms with van der Waals surface area (Å²) in [7, 11) is 0. The fourth-order valence-corrected chi connectivity index (χ4v) is 2.83. The van der Waals surface area contributed by atoms with Gasteiger partial charge in [-0.2, -0.15) is 0 Å². The summed E-state index contributed by atoms with van der Waals surface area (Å²) in [4.78, 5) is 29.7. The molecule has 1 aliphatic heterocycles. The number of carbonyl (C=O) groups is 2. The van der Waals surface area contributed by atoms with Gasteiger partial charge in [-0.3, -0.25) is 5.32 Å². The van der Waals surface area contributed by atoms with Gasteiger partial charge in [-0.1, -0.05) is 0 Å². The second kappa shape index (κ2) is 9.54. The van der Waals surface area contributed by atoms with Gasteiger partial charge in [-0.05, 0) is 58.5 Å². The summed E-state index contributed by atoms with van der Waals surface area (Å²) in [6, 6.07) is 3.69. The van der Waals surface area contributed by atoms with E-state index in [2.05, 4.69) is 25.8 Å². The number of nitrogens with one attached hydrogen (secondary N) is 3. The third kappa shape index (κ3) is 7.18. The Kier molecular flexibility index (Phi) is 7.38. The highest BCUT2D eigenvalue weighted by molar-refractivity contribution is 7.80. The van der Waals surface area contributed by atoms with Crippen molar-refractivity contribution < 1.29 is 19.1 Å². The standard InChI is InChI=1S/C18H27N5O4S/c1-5-26-16(24)22-15(28)21-14-7-6-13(10-19-14)23-9-8-12(11-23)20-17(25)27-18(2,3)4/h6-7,10,12H,5,8-9,11H2,1-4H3,(H,20,25)(H2,19,21,22,24,28). The largest absolute Gasteiger partial charge is 0.450 e. The first-order valence-corrected chi connectivity index (χ1v) is 9.52. The number of anilines is 2. The number of pyridine rings is 1. The first-order chi connectivity index (χ1) is 13.2. The van der Waals surface area contributed by atoms with Crippen LogP contribution in [0.5, 0.6) is 0 Å². The first-order valence-electron chi connectivity index (χ1n) is 9.11. The number of ether oxygens (including phenoxy) is 2. The van der Waals surface area contributed by atoms with Crippen molar-refractivity contribution >= 4 is 41.0 Å². The van der Waals surface area contributed by atoms with Crippen molar-refractivity contribution in [3.63, 3.8) is 0 Å². The Hall–Kier alpha value is -2.62. The molecule has 1 aliphatic rings. The van der Waals surface area contributed by atoms with E-state index in [9.17, 15) is 9.59 Å². The van der Waals surface area contributed by atoms with Crippen LogP contribution in [0.15, 0.2) is 18.3 Å². The van der Waals surface area contributed by atoms with Gasteiger partial charge < -0.3 is 25.0 Å². The van der Waals surface area contributed by atoms with Crippen LogP contribution in [0, 0.1) is 0 Å². The van der Waals surface area contributed by atoms with Crippen molar-refractivity contribution in [3.05, 3.63) is 18.3 Å². The molecule has 0 saturated carbocycles. The second-order valence-electron chi connectivity index (χ2n) is 7.28. The number of hydrogen-bond acceptors (Lipinski definition) is 7. The van der Waals surface area contributed by atoms with Crippen LogP contribution in [0.1, 0.15) is 34.1 Å². The third-order valence-corrected chi connectivity index (χ3v) is 3.96. The SMILES string of the molecule is CCOC(=O)NC(=S)Nc1ccc(N2CCC(NC(=O)OC(C)(C)C)C2)cn1. The molecule has 0 bridgehead atoms. The minimum Gasteiger partial charge on any atom is -0.450 e. The smallest absolute Gasteiger partial charge is 0.413 e. The number of aromatic nitrogens is 1. The number of rotatable bonds is 4. The quantitative estimate of drug-likeness (QED) is 0.652. The van der Waals surface area contributed by atoms with Crippen LogP contribution >= 0.6 is 12.2 Å². The van der Waals surface area contributed by atoms with Gasteiger partial charge in [0.05, 0.1) is 24.5 Å². The molecule has 9 nitrogen and oxygen atoms in total. The number of alkyl carbamates (subject to hydrolysis) is 2. The Morgan fingerprint density at radius 3 is 2.68 bits per heavy atom. The zero-order chi connectivity index (χ0) is 20.7. The lowest BCUT2D eigenvalue weighted by Gasteiger charge is -2.22. The molecule has 3 N–H and O–H groups in total. The van der Waals surface area contributed by atoms with Crippen LogP contribution in [-0.4, -0.2) is 53.6 Å². The molecule has 10 heteroatoms. The van der Waals surface area contributed by atoms with E-state index in [1.54, 1.807) is 19.2 Å². The summed E-state index contributed by atoms with van der Waals surface area (Å²) < 4.78 is 10.1. The summed E-state index contributed by atoms with van der Waals surface area (Å²) in [6.07, 6.45) is 1.52. The first kappa shape index (κ1) is 21.7. The van der Waals surface area contributed by atoms with E-state index >= 15 is 0 Å². The van der Waals surface area contributed by atoms with Crippen molar-refractivity contribution in [2.45, 2.75) is 45.8 Å². The van der Waals surface area contributed by atoms with E-state index in [-0.39, 0.29) is 17.8 Å². The van der Waals surface area contributed by atoms with E-state index in [1.807, 2.05) is 26.8 Å². The van der Waals surface area contributed by atoms with Gasteiger partial charge in [0.15, 0.2) is 5.11 Å². The molecule has 0 radical (unpaired) electrons. The maximum atomic E-state index is 11.9. The van der Waals surface area contributed by atoms with Crippen molar-refractivity contribution in [3.8, 4) is 0 Å². The van der Waals surface area contributed by atoms with Gasteiger partial charge in [-0.15, -0.1) is 0 Å². The number of nitrogens with zero attached hydrogens (tertiary/aromatic N) is 2. The molecule has 28 heavy (non-hydrogen) atoms. The summed E-state index contributed by atoms with van der Waals surface area (Å²) in [5.74, 6) is 0.508. The summed E-state index contributed by atoms with van der Waals surface area (Å²) in [5, 5.41) is 8.23. The van der Waals surface area contributed by atoms with Gasteiger partial charge >= 0.3 is 12.2 Å². The number of thiocarbonyl (C=S) groups is 1.